The Morgan fingerprint density at radius 3 is 2.71 bits per heavy atom. The Kier molecular flexibility index (Phi) is 6.94. The molecule has 0 radical (unpaired) electrons. The molecular weight excluding hydrogens is 516 g/mol. The van der Waals surface area contributed by atoms with Crippen molar-refractivity contribution in [3.05, 3.63) is 76.2 Å². The van der Waals surface area contributed by atoms with Gasteiger partial charge in [-0.15, -0.1) is 0 Å². The molecule has 1 amide bonds. The van der Waals surface area contributed by atoms with Crippen molar-refractivity contribution in [3.8, 4) is 22.5 Å². The zero-order valence-corrected chi connectivity index (χ0v) is 21.1. The Balaban J connectivity index is 1.62. The van der Waals surface area contributed by atoms with Gasteiger partial charge in [0, 0.05) is 40.0 Å². The Bertz CT molecular complexity index is 1570. The van der Waals surface area contributed by atoms with E-state index in [1.54, 1.807) is 37.3 Å². The molecule has 4 heterocycles. The molecule has 196 valence electrons. The summed E-state index contributed by atoms with van der Waals surface area (Å²) < 4.78 is 29.6. The van der Waals surface area contributed by atoms with Crippen molar-refractivity contribution in [1.29, 1.82) is 0 Å². The number of benzene rings is 1. The second kappa shape index (κ2) is 10.3. The molecule has 1 aromatic carbocycles. The summed E-state index contributed by atoms with van der Waals surface area (Å²) in [4.78, 5) is 35.1. The summed E-state index contributed by atoms with van der Waals surface area (Å²) in [6, 6.07) is 8.95. The average molecular weight is 540 g/mol. The maximum atomic E-state index is 13.8. The van der Waals surface area contributed by atoms with E-state index in [4.69, 9.17) is 17.3 Å². The van der Waals surface area contributed by atoms with Gasteiger partial charge in [0.05, 0.1) is 41.3 Å². The lowest BCUT2D eigenvalue weighted by molar-refractivity contribution is -0.119. The molecule has 5 rings (SSSR count). The number of nitrogens with zero attached hydrogens (tertiary/aromatic N) is 5. The van der Waals surface area contributed by atoms with Crippen molar-refractivity contribution in [2.24, 2.45) is 5.92 Å². The molecule has 0 aliphatic carbocycles. The van der Waals surface area contributed by atoms with Crippen molar-refractivity contribution in [2.45, 2.75) is 38.8 Å². The van der Waals surface area contributed by atoms with E-state index in [-0.39, 0.29) is 22.8 Å². The third-order valence-corrected chi connectivity index (χ3v) is 6.89. The van der Waals surface area contributed by atoms with Crippen LogP contribution in [-0.2, 0) is 4.79 Å². The molecule has 1 aliphatic rings. The number of nitrogens with one attached hydrogen (secondary N) is 1. The highest BCUT2D eigenvalue weighted by molar-refractivity contribution is 6.31. The Morgan fingerprint density at radius 2 is 1.95 bits per heavy atom. The fourth-order valence-electron chi connectivity index (χ4n) is 4.64. The first-order chi connectivity index (χ1) is 18.2. The van der Waals surface area contributed by atoms with Crippen LogP contribution in [0.3, 0.4) is 0 Å². The van der Waals surface area contributed by atoms with E-state index in [1.807, 2.05) is 0 Å². The molecule has 0 fully saturated rings. The summed E-state index contributed by atoms with van der Waals surface area (Å²) in [7, 11) is 0. The Labute approximate surface area is 221 Å². The van der Waals surface area contributed by atoms with Crippen LogP contribution in [0, 0.1) is 5.92 Å². The number of anilines is 2. The van der Waals surface area contributed by atoms with Gasteiger partial charge in [-0.05, 0) is 43.2 Å². The van der Waals surface area contributed by atoms with Crippen LogP contribution in [0.2, 0.25) is 5.02 Å². The van der Waals surface area contributed by atoms with Crippen molar-refractivity contribution in [1.82, 2.24) is 24.3 Å². The molecule has 0 saturated heterocycles. The van der Waals surface area contributed by atoms with Crippen LogP contribution >= 0.6 is 11.6 Å². The normalized spacial score (nSPS) is 17.9. The minimum Gasteiger partial charge on any atom is -0.398 e. The van der Waals surface area contributed by atoms with Crippen molar-refractivity contribution in [3.63, 3.8) is 0 Å². The third-order valence-electron chi connectivity index (χ3n) is 6.66. The molecule has 12 heteroatoms. The smallest absolute Gasteiger partial charge is 0.333 e. The summed E-state index contributed by atoms with van der Waals surface area (Å²) in [6.07, 6.45) is 5.71. The van der Waals surface area contributed by atoms with E-state index in [1.165, 1.54) is 29.4 Å². The van der Waals surface area contributed by atoms with Gasteiger partial charge in [0.2, 0.25) is 5.91 Å². The van der Waals surface area contributed by atoms with Gasteiger partial charge in [-0.25, -0.2) is 9.67 Å². The van der Waals surface area contributed by atoms with E-state index < -0.39 is 18.5 Å². The first-order valence-electron chi connectivity index (χ1n) is 12.0. The van der Waals surface area contributed by atoms with Crippen LogP contribution in [0.4, 0.5) is 20.2 Å². The van der Waals surface area contributed by atoms with Crippen LogP contribution in [0.1, 0.15) is 44.5 Å². The van der Waals surface area contributed by atoms with Crippen LogP contribution in [0.15, 0.2) is 59.9 Å². The first kappa shape index (κ1) is 25.5. The van der Waals surface area contributed by atoms with Gasteiger partial charge in [0.1, 0.15) is 0 Å². The highest BCUT2D eigenvalue weighted by Crippen LogP contribution is 2.35. The number of hydrogen-bond donors (Lipinski definition) is 2. The molecule has 3 N–H and O–H groups in total. The fraction of sp³-hybridized carbons (Fsp3) is 0.269. The number of carbonyl (C=O) groups is 1. The van der Waals surface area contributed by atoms with E-state index >= 15 is 0 Å². The SMILES string of the molecule is C[C@@H]1CCC[C@H](n2cnc(-c3cc(Cl)ccc3N)cc2=O)c2cc(ccn2)-c2c(cnn2C(F)F)NC1=O. The number of amides is 1. The molecule has 0 spiro atoms. The van der Waals surface area contributed by atoms with E-state index in [9.17, 15) is 18.4 Å². The van der Waals surface area contributed by atoms with E-state index in [2.05, 4.69) is 20.4 Å². The van der Waals surface area contributed by atoms with Crippen molar-refractivity contribution >= 4 is 28.9 Å². The largest absolute Gasteiger partial charge is 0.398 e. The number of rotatable bonds is 3. The molecule has 4 aromatic rings. The molecule has 0 unspecified atom stereocenters. The highest BCUT2D eigenvalue weighted by atomic mass is 35.5. The van der Waals surface area contributed by atoms with Gasteiger partial charge >= 0.3 is 6.55 Å². The maximum Gasteiger partial charge on any atom is 0.333 e. The third kappa shape index (κ3) is 4.89. The quantitative estimate of drug-likeness (QED) is 0.347. The van der Waals surface area contributed by atoms with Crippen LogP contribution in [0.25, 0.3) is 22.5 Å². The number of nitrogen functional groups attached to an aromatic ring is 1. The van der Waals surface area contributed by atoms with Gasteiger partial charge in [-0.1, -0.05) is 24.9 Å². The lowest BCUT2D eigenvalue weighted by Crippen LogP contribution is -2.27. The molecule has 9 nitrogen and oxygen atoms in total. The van der Waals surface area contributed by atoms with Crippen LogP contribution < -0.4 is 16.6 Å². The average Bonchev–Trinajstić information content (AvgIpc) is 3.31. The highest BCUT2D eigenvalue weighted by Gasteiger charge is 2.26. The van der Waals surface area contributed by atoms with Crippen LogP contribution in [-0.4, -0.2) is 30.2 Å². The first-order valence-corrected chi connectivity index (χ1v) is 12.4. The Hall–Kier alpha value is -4.12. The fourth-order valence-corrected chi connectivity index (χ4v) is 4.82. The van der Waals surface area contributed by atoms with Gasteiger partial charge in [0.25, 0.3) is 5.56 Å². The summed E-state index contributed by atoms with van der Waals surface area (Å²) in [5.41, 5.74) is 8.17. The topological polar surface area (TPSA) is 121 Å². The summed E-state index contributed by atoms with van der Waals surface area (Å²) in [6.45, 7) is -1.16. The zero-order chi connectivity index (χ0) is 27.0. The van der Waals surface area contributed by atoms with E-state index in [0.717, 1.165) is 0 Å². The summed E-state index contributed by atoms with van der Waals surface area (Å²) in [5, 5.41) is 6.98. The monoisotopic (exact) mass is 539 g/mol. The minimum absolute atomic E-state index is 0.0563. The van der Waals surface area contributed by atoms with Gasteiger partial charge in [-0.3, -0.25) is 19.1 Å². The second-order valence-corrected chi connectivity index (χ2v) is 9.62. The van der Waals surface area contributed by atoms with Gasteiger partial charge in [0.15, 0.2) is 0 Å². The molecular formula is C26H24ClF2N7O2. The van der Waals surface area contributed by atoms with Gasteiger partial charge in [-0.2, -0.15) is 13.9 Å². The number of pyridine rings is 1. The summed E-state index contributed by atoms with van der Waals surface area (Å²) >= 11 is 6.11. The Morgan fingerprint density at radius 1 is 1.13 bits per heavy atom. The number of carbonyl (C=O) groups excluding carboxylic acids is 1. The lowest BCUT2D eigenvalue weighted by atomic mass is 9.97. The van der Waals surface area contributed by atoms with Gasteiger partial charge < -0.3 is 11.1 Å². The van der Waals surface area contributed by atoms with E-state index in [0.29, 0.717) is 57.2 Å². The number of alkyl halides is 2. The predicted octanol–water partition coefficient (Wildman–Crippen LogP) is 5.15. The minimum atomic E-state index is -2.92. The standard InChI is InChI=1S/C26H24ClF2N7O2/c1-14-3-2-4-22(35-13-32-19(11-23(35)37)17-10-16(27)5-6-18(17)30)20-9-15(7-8-31-20)24-21(34-25(14)38)12-33-36(24)26(28)29/h5-14,22,26H,2-4,30H2,1H3,(H,34,38)/t14-,22+/m1/s1. The molecule has 0 saturated carbocycles. The molecule has 38 heavy (non-hydrogen) atoms. The number of hydrogen-bond acceptors (Lipinski definition) is 6. The lowest BCUT2D eigenvalue weighted by Gasteiger charge is -2.22. The molecule has 2 atom stereocenters. The predicted molar refractivity (Wildman–Crippen MR) is 140 cm³/mol. The maximum absolute atomic E-state index is 13.8. The molecule has 3 aromatic heterocycles. The summed E-state index contributed by atoms with van der Waals surface area (Å²) in [5.74, 6) is -0.694. The molecule has 1 aliphatic heterocycles. The number of halogens is 3. The number of nitrogens with two attached hydrogens (primary N) is 1. The van der Waals surface area contributed by atoms with Crippen molar-refractivity contribution in [2.75, 3.05) is 11.1 Å². The van der Waals surface area contributed by atoms with Crippen LogP contribution in [0.5, 0.6) is 0 Å². The second-order valence-electron chi connectivity index (χ2n) is 9.19. The molecule has 2 bridgehead atoms. The zero-order valence-electron chi connectivity index (χ0n) is 20.3. The number of fused-ring (bicyclic) bond motifs is 4. The van der Waals surface area contributed by atoms with Crippen molar-refractivity contribution < 1.29 is 13.6 Å². The number of aromatic nitrogens is 5.